The Kier molecular flexibility index (Phi) is 1.83. The summed E-state index contributed by atoms with van der Waals surface area (Å²) in [5.74, 6) is 0. The molecule has 6 nitrogen and oxygen atoms in total. The number of rotatable bonds is 1. The molecule has 0 fully saturated rings. The van der Waals surface area contributed by atoms with Crippen LogP contribution in [0.25, 0.3) is 21.9 Å². The van der Waals surface area contributed by atoms with Gasteiger partial charge in [0.1, 0.15) is 7.11 Å². The molecule has 0 spiro atoms. The maximum Gasteiger partial charge on any atom is 0.258 e. The van der Waals surface area contributed by atoms with Gasteiger partial charge in [0, 0.05) is 5.16 Å². The fourth-order valence-corrected chi connectivity index (χ4v) is 2.22. The normalized spacial score (nSPS) is 11.5. The van der Waals surface area contributed by atoms with Gasteiger partial charge in [-0.1, -0.05) is 0 Å². The van der Waals surface area contributed by atoms with Crippen LogP contribution in [-0.4, -0.2) is 17.0 Å². The zero-order chi connectivity index (χ0) is 12.2. The number of aryl methyl sites for hydroxylation is 1. The topological polar surface area (TPSA) is 67.1 Å². The molecular weight excluding hydrogens is 222 g/mol. The van der Waals surface area contributed by atoms with Crippen LogP contribution >= 0.6 is 0 Å². The first kappa shape index (κ1) is 9.95. The molecule has 0 bridgehead atoms. The molecule has 88 valence electrons. The second kappa shape index (κ2) is 3.13. The summed E-state index contributed by atoms with van der Waals surface area (Å²) < 4.78 is 6.34. The molecule has 0 aliphatic rings. The molecule has 1 aromatic carbocycles. The standard InChI is InChI=1S/C11H11N3O3/c1-6-7(2)13(16-3)8-4-5-9-11(10(6)8)12-17-14(9)15/h4-5H,1-3H3. The highest BCUT2D eigenvalue weighted by molar-refractivity contribution is 6.04. The van der Waals surface area contributed by atoms with Crippen molar-refractivity contribution < 1.29 is 14.4 Å². The van der Waals surface area contributed by atoms with E-state index in [4.69, 9.17) is 4.84 Å². The van der Waals surface area contributed by atoms with Crippen molar-refractivity contribution in [2.24, 2.45) is 0 Å². The fraction of sp³-hybridized carbons (Fsp3) is 0.273. The Labute approximate surface area is 96.5 Å². The molecule has 17 heavy (non-hydrogen) atoms. The van der Waals surface area contributed by atoms with Gasteiger partial charge in [0.05, 0.1) is 16.6 Å². The van der Waals surface area contributed by atoms with E-state index >= 15 is 0 Å². The van der Waals surface area contributed by atoms with E-state index in [1.54, 1.807) is 17.9 Å². The summed E-state index contributed by atoms with van der Waals surface area (Å²) in [6.07, 6.45) is 0. The van der Waals surface area contributed by atoms with Crippen LogP contribution in [-0.2, 0) is 0 Å². The van der Waals surface area contributed by atoms with Crippen LogP contribution in [0.15, 0.2) is 16.8 Å². The molecule has 0 amide bonds. The molecule has 0 N–H and O–H groups in total. The van der Waals surface area contributed by atoms with Crippen molar-refractivity contribution in [2.75, 3.05) is 7.11 Å². The number of hydrogen-bond acceptors (Lipinski definition) is 4. The molecule has 3 aromatic rings. The average Bonchev–Trinajstić information content (AvgIpc) is 2.81. The van der Waals surface area contributed by atoms with E-state index in [1.807, 2.05) is 19.9 Å². The quantitative estimate of drug-likeness (QED) is 0.590. The lowest BCUT2D eigenvalue weighted by Crippen LogP contribution is -2.22. The third kappa shape index (κ3) is 1.09. The van der Waals surface area contributed by atoms with Crippen molar-refractivity contribution in [2.45, 2.75) is 13.8 Å². The van der Waals surface area contributed by atoms with Crippen molar-refractivity contribution in [3.63, 3.8) is 0 Å². The van der Waals surface area contributed by atoms with Crippen LogP contribution in [0.4, 0.5) is 0 Å². The van der Waals surface area contributed by atoms with E-state index in [9.17, 15) is 5.21 Å². The smallest absolute Gasteiger partial charge is 0.258 e. The first-order chi connectivity index (χ1) is 8.15. The lowest BCUT2D eigenvalue weighted by molar-refractivity contribution is -0.782. The Bertz CT molecular complexity index is 727. The maximum atomic E-state index is 11.3. The Morgan fingerprint density at radius 2 is 2.18 bits per heavy atom. The van der Waals surface area contributed by atoms with Gasteiger partial charge in [-0.25, -0.2) is 0 Å². The van der Waals surface area contributed by atoms with Gasteiger partial charge in [-0.15, -0.1) is 0 Å². The van der Waals surface area contributed by atoms with Crippen molar-refractivity contribution in [1.29, 1.82) is 0 Å². The van der Waals surface area contributed by atoms with Gasteiger partial charge >= 0.3 is 0 Å². The van der Waals surface area contributed by atoms with Gasteiger partial charge in [-0.3, -0.25) is 4.63 Å². The predicted molar refractivity (Wildman–Crippen MR) is 60.4 cm³/mol. The number of hydrogen-bond donors (Lipinski definition) is 0. The Morgan fingerprint density at radius 3 is 2.88 bits per heavy atom. The number of aromatic nitrogens is 3. The molecule has 0 aliphatic heterocycles. The van der Waals surface area contributed by atoms with Crippen LogP contribution < -0.4 is 9.74 Å². The van der Waals surface area contributed by atoms with Gasteiger partial charge in [0.2, 0.25) is 5.52 Å². The minimum Gasteiger partial charge on any atom is -0.417 e. The van der Waals surface area contributed by atoms with E-state index in [-0.39, 0.29) is 0 Å². The van der Waals surface area contributed by atoms with Crippen molar-refractivity contribution >= 4 is 21.9 Å². The molecule has 2 aromatic heterocycles. The summed E-state index contributed by atoms with van der Waals surface area (Å²) >= 11 is 0. The number of fused-ring (bicyclic) bond motifs is 3. The van der Waals surface area contributed by atoms with Crippen LogP contribution in [0.3, 0.4) is 0 Å². The highest BCUT2D eigenvalue weighted by atomic mass is 16.8. The minimum atomic E-state index is 0.410. The van der Waals surface area contributed by atoms with Gasteiger partial charge in [0.15, 0.2) is 0 Å². The van der Waals surface area contributed by atoms with Crippen molar-refractivity contribution in [1.82, 2.24) is 9.89 Å². The lowest BCUT2D eigenvalue weighted by atomic mass is 10.1. The van der Waals surface area contributed by atoms with Gasteiger partial charge < -0.3 is 10.0 Å². The van der Waals surface area contributed by atoms with E-state index in [1.165, 1.54) is 0 Å². The molecule has 0 unspecified atom stereocenters. The zero-order valence-corrected chi connectivity index (χ0v) is 9.72. The summed E-state index contributed by atoms with van der Waals surface area (Å²) in [5.41, 5.74) is 3.88. The summed E-state index contributed by atoms with van der Waals surface area (Å²) in [7, 11) is 1.60. The largest absolute Gasteiger partial charge is 0.417 e. The summed E-state index contributed by atoms with van der Waals surface area (Å²) in [5, 5.41) is 16.0. The second-order valence-corrected chi connectivity index (χ2v) is 3.94. The van der Waals surface area contributed by atoms with Crippen LogP contribution in [0.1, 0.15) is 11.3 Å². The zero-order valence-electron chi connectivity index (χ0n) is 9.72. The van der Waals surface area contributed by atoms with E-state index in [0.717, 1.165) is 22.2 Å². The Balaban J connectivity index is 2.59. The van der Waals surface area contributed by atoms with Gasteiger partial charge in [0.25, 0.3) is 5.52 Å². The van der Waals surface area contributed by atoms with Crippen molar-refractivity contribution in [3.8, 4) is 0 Å². The minimum absolute atomic E-state index is 0.410. The Hall–Kier alpha value is -2.24. The fourth-order valence-electron chi connectivity index (χ4n) is 2.22. The Morgan fingerprint density at radius 1 is 1.41 bits per heavy atom. The molecule has 0 aliphatic carbocycles. The van der Waals surface area contributed by atoms with Crippen LogP contribution in [0.5, 0.6) is 0 Å². The molecule has 3 rings (SSSR count). The number of nitrogens with zero attached hydrogens (tertiary/aromatic N) is 3. The summed E-state index contributed by atoms with van der Waals surface area (Å²) in [4.78, 5) is 5.72. The third-order valence-corrected chi connectivity index (χ3v) is 3.16. The molecule has 6 heteroatoms. The third-order valence-electron chi connectivity index (χ3n) is 3.16. The summed E-state index contributed by atoms with van der Waals surface area (Å²) in [6.45, 7) is 3.92. The summed E-state index contributed by atoms with van der Waals surface area (Å²) in [6, 6.07) is 3.50. The van der Waals surface area contributed by atoms with Gasteiger partial charge in [-0.05, 0) is 36.4 Å². The van der Waals surface area contributed by atoms with Gasteiger partial charge in [-0.2, -0.15) is 4.73 Å². The molecule has 0 saturated carbocycles. The molecule has 0 atom stereocenters. The lowest BCUT2D eigenvalue weighted by Gasteiger charge is -2.04. The highest BCUT2D eigenvalue weighted by Crippen LogP contribution is 2.29. The molecule has 2 heterocycles. The van der Waals surface area contributed by atoms with E-state index in [2.05, 4.69) is 9.79 Å². The SMILES string of the molecule is COn1c(C)c(C)c2c3no[n+]([O-])c3ccc21. The molecule has 0 saturated heterocycles. The first-order valence-electron chi connectivity index (χ1n) is 5.19. The van der Waals surface area contributed by atoms with Crippen molar-refractivity contribution in [3.05, 3.63) is 28.6 Å². The van der Waals surface area contributed by atoms with Crippen LogP contribution in [0.2, 0.25) is 0 Å². The number of benzene rings is 1. The van der Waals surface area contributed by atoms with E-state index < -0.39 is 0 Å². The monoisotopic (exact) mass is 233 g/mol. The molecule has 0 radical (unpaired) electrons. The first-order valence-corrected chi connectivity index (χ1v) is 5.19. The molecular formula is C11H11N3O3. The highest BCUT2D eigenvalue weighted by Gasteiger charge is 2.20. The van der Waals surface area contributed by atoms with E-state index in [0.29, 0.717) is 15.9 Å². The maximum absolute atomic E-state index is 11.3. The van der Waals surface area contributed by atoms with Crippen LogP contribution in [0, 0.1) is 19.1 Å². The predicted octanol–water partition coefficient (Wildman–Crippen LogP) is 1.09. The average molecular weight is 233 g/mol. The second-order valence-electron chi connectivity index (χ2n) is 3.94.